The Labute approximate surface area is 125 Å². The molecule has 0 saturated heterocycles. The lowest BCUT2D eigenvalue weighted by Crippen LogP contribution is -2.10. The lowest BCUT2D eigenvalue weighted by Gasteiger charge is -2.06. The molecule has 0 aliphatic heterocycles. The van der Waals surface area contributed by atoms with E-state index in [-0.39, 0.29) is 12.4 Å². The highest BCUT2D eigenvalue weighted by Crippen LogP contribution is 2.27. The predicted octanol–water partition coefficient (Wildman–Crippen LogP) is 4.88. The largest absolute Gasteiger partial charge is 0.484 e. The van der Waals surface area contributed by atoms with Crippen molar-refractivity contribution in [2.45, 2.75) is 13.3 Å². The second kappa shape index (κ2) is 6.42. The Balaban J connectivity index is 2.00. The Kier molecular flexibility index (Phi) is 4.86. The number of benzene rings is 1. The zero-order valence-electron chi connectivity index (χ0n) is 10.3. The quantitative estimate of drug-likeness (QED) is 0.735. The van der Waals surface area contributed by atoms with Crippen LogP contribution in [-0.2, 0) is 6.42 Å². The van der Waals surface area contributed by atoms with Crippen LogP contribution in [-0.4, -0.2) is 12.4 Å². The maximum absolute atomic E-state index is 11.9. The van der Waals surface area contributed by atoms with Gasteiger partial charge in [0, 0.05) is 9.90 Å². The molecular formula is C14H12Cl2O2S. The summed E-state index contributed by atoms with van der Waals surface area (Å²) >= 11 is 13.3. The van der Waals surface area contributed by atoms with Crippen LogP contribution in [0.4, 0.5) is 0 Å². The minimum atomic E-state index is -0.0456. The van der Waals surface area contributed by atoms with Gasteiger partial charge in [-0.3, -0.25) is 4.79 Å². The molecule has 0 N–H and O–H groups in total. The van der Waals surface area contributed by atoms with Crippen molar-refractivity contribution in [3.8, 4) is 5.75 Å². The molecule has 100 valence electrons. The van der Waals surface area contributed by atoms with Gasteiger partial charge in [0.25, 0.3) is 0 Å². The average Bonchev–Trinajstić information content (AvgIpc) is 2.86. The van der Waals surface area contributed by atoms with E-state index in [2.05, 4.69) is 6.92 Å². The summed E-state index contributed by atoms with van der Waals surface area (Å²) in [6.07, 6.45) is 0.932. The molecule has 1 heterocycles. The van der Waals surface area contributed by atoms with Gasteiger partial charge >= 0.3 is 0 Å². The number of aryl methyl sites for hydroxylation is 1. The first-order valence-electron chi connectivity index (χ1n) is 5.80. The maximum atomic E-state index is 11.9. The smallest absolute Gasteiger partial charge is 0.210 e. The molecule has 1 aromatic carbocycles. The predicted molar refractivity (Wildman–Crippen MR) is 80.0 cm³/mol. The number of ketones is 1. The SMILES string of the molecule is CCc1ccc(C(=O)COc2ccc(Cl)cc2Cl)s1. The fourth-order valence-corrected chi connectivity index (χ4v) is 2.86. The highest BCUT2D eigenvalue weighted by atomic mass is 35.5. The molecule has 19 heavy (non-hydrogen) atoms. The molecule has 2 aromatic rings. The summed E-state index contributed by atoms with van der Waals surface area (Å²) < 4.78 is 5.42. The number of hydrogen-bond donors (Lipinski definition) is 0. The molecule has 0 saturated carbocycles. The lowest BCUT2D eigenvalue weighted by atomic mass is 10.3. The third-order valence-corrected chi connectivity index (χ3v) is 4.34. The van der Waals surface area contributed by atoms with Gasteiger partial charge in [-0.25, -0.2) is 0 Å². The standard InChI is InChI=1S/C14H12Cl2O2S/c1-2-10-4-6-14(19-10)12(17)8-18-13-5-3-9(15)7-11(13)16/h3-7H,2,8H2,1H3. The number of carbonyl (C=O) groups is 1. The van der Waals surface area contributed by atoms with Gasteiger partial charge in [0.15, 0.2) is 6.61 Å². The van der Waals surface area contributed by atoms with E-state index in [1.54, 1.807) is 18.2 Å². The zero-order chi connectivity index (χ0) is 13.8. The van der Waals surface area contributed by atoms with Crippen LogP contribution in [0, 0.1) is 0 Å². The minimum absolute atomic E-state index is 0.0228. The third kappa shape index (κ3) is 3.72. The fraction of sp³-hybridized carbons (Fsp3) is 0.214. The number of thiophene rings is 1. The summed E-state index contributed by atoms with van der Waals surface area (Å²) in [7, 11) is 0. The van der Waals surface area contributed by atoms with Crippen molar-refractivity contribution in [2.75, 3.05) is 6.61 Å². The Morgan fingerprint density at radius 1 is 1.26 bits per heavy atom. The van der Waals surface area contributed by atoms with Gasteiger partial charge in [-0.2, -0.15) is 0 Å². The van der Waals surface area contributed by atoms with E-state index in [9.17, 15) is 4.79 Å². The molecule has 0 fully saturated rings. The molecule has 2 nitrogen and oxygen atoms in total. The molecule has 0 aliphatic carbocycles. The lowest BCUT2D eigenvalue weighted by molar-refractivity contribution is 0.0925. The first-order chi connectivity index (χ1) is 9.10. The summed E-state index contributed by atoms with van der Waals surface area (Å²) in [6, 6.07) is 8.71. The number of Topliss-reactive ketones (excluding diaryl/α,β-unsaturated/α-hetero) is 1. The minimum Gasteiger partial charge on any atom is -0.484 e. The molecule has 5 heteroatoms. The van der Waals surface area contributed by atoms with Crippen molar-refractivity contribution < 1.29 is 9.53 Å². The van der Waals surface area contributed by atoms with Crippen LogP contribution in [0.3, 0.4) is 0 Å². The van der Waals surface area contributed by atoms with E-state index in [1.807, 2.05) is 12.1 Å². The molecular weight excluding hydrogens is 303 g/mol. The van der Waals surface area contributed by atoms with Crippen LogP contribution >= 0.6 is 34.5 Å². The van der Waals surface area contributed by atoms with Crippen molar-refractivity contribution in [2.24, 2.45) is 0 Å². The van der Waals surface area contributed by atoms with E-state index in [1.165, 1.54) is 16.2 Å². The van der Waals surface area contributed by atoms with Crippen molar-refractivity contribution in [3.63, 3.8) is 0 Å². The van der Waals surface area contributed by atoms with Gasteiger partial charge in [0.05, 0.1) is 9.90 Å². The van der Waals surface area contributed by atoms with Crippen LogP contribution in [0.25, 0.3) is 0 Å². The van der Waals surface area contributed by atoms with Gasteiger partial charge in [0.2, 0.25) is 5.78 Å². The summed E-state index contributed by atoms with van der Waals surface area (Å²) in [5.74, 6) is 0.419. The Morgan fingerprint density at radius 3 is 2.68 bits per heavy atom. The number of ether oxygens (including phenoxy) is 1. The molecule has 0 unspecified atom stereocenters. The zero-order valence-corrected chi connectivity index (χ0v) is 12.6. The Hall–Kier alpha value is -1.03. The van der Waals surface area contributed by atoms with Crippen LogP contribution in [0.1, 0.15) is 21.5 Å². The van der Waals surface area contributed by atoms with Gasteiger partial charge < -0.3 is 4.74 Å². The molecule has 0 amide bonds. The normalized spacial score (nSPS) is 10.5. The highest BCUT2D eigenvalue weighted by Gasteiger charge is 2.11. The topological polar surface area (TPSA) is 26.3 Å². The number of rotatable bonds is 5. The summed E-state index contributed by atoms with van der Waals surface area (Å²) in [4.78, 5) is 13.8. The molecule has 0 bridgehead atoms. The molecule has 0 spiro atoms. The van der Waals surface area contributed by atoms with Crippen LogP contribution in [0.5, 0.6) is 5.75 Å². The Bertz CT molecular complexity index is 593. The third-order valence-electron chi connectivity index (χ3n) is 2.54. The second-order valence-electron chi connectivity index (χ2n) is 3.91. The molecule has 1 aromatic heterocycles. The van der Waals surface area contributed by atoms with Crippen LogP contribution in [0.15, 0.2) is 30.3 Å². The molecule has 0 radical (unpaired) electrons. The van der Waals surface area contributed by atoms with E-state index >= 15 is 0 Å². The van der Waals surface area contributed by atoms with Crippen molar-refractivity contribution >= 4 is 40.3 Å². The van der Waals surface area contributed by atoms with Crippen molar-refractivity contribution in [1.82, 2.24) is 0 Å². The van der Waals surface area contributed by atoms with E-state index in [0.29, 0.717) is 20.7 Å². The fourth-order valence-electron chi connectivity index (χ4n) is 1.52. The van der Waals surface area contributed by atoms with Gasteiger partial charge in [-0.1, -0.05) is 30.1 Å². The van der Waals surface area contributed by atoms with Gasteiger partial charge in [0.1, 0.15) is 5.75 Å². The van der Waals surface area contributed by atoms with Crippen LogP contribution in [0.2, 0.25) is 10.0 Å². The maximum Gasteiger partial charge on any atom is 0.210 e. The summed E-state index contributed by atoms with van der Waals surface area (Å²) in [6.45, 7) is 2.04. The van der Waals surface area contributed by atoms with Gasteiger partial charge in [-0.15, -0.1) is 11.3 Å². The van der Waals surface area contributed by atoms with Crippen LogP contribution < -0.4 is 4.74 Å². The number of carbonyl (C=O) groups excluding carboxylic acids is 1. The van der Waals surface area contributed by atoms with E-state index in [4.69, 9.17) is 27.9 Å². The number of halogens is 2. The average molecular weight is 315 g/mol. The highest BCUT2D eigenvalue weighted by molar-refractivity contribution is 7.14. The first kappa shape index (κ1) is 14.4. The Morgan fingerprint density at radius 2 is 2.05 bits per heavy atom. The molecule has 0 atom stereocenters. The molecule has 2 rings (SSSR count). The second-order valence-corrected chi connectivity index (χ2v) is 5.92. The van der Waals surface area contributed by atoms with E-state index < -0.39 is 0 Å². The van der Waals surface area contributed by atoms with Gasteiger partial charge in [-0.05, 0) is 36.8 Å². The van der Waals surface area contributed by atoms with E-state index in [0.717, 1.165) is 6.42 Å². The molecule has 0 aliphatic rings. The van der Waals surface area contributed by atoms with Crippen molar-refractivity contribution in [1.29, 1.82) is 0 Å². The number of hydrogen-bond acceptors (Lipinski definition) is 3. The summed E-state index contributed by atoms with van der Waals surface area (Å²) in [5, 5.41) is 0.940. The summed E-state index contributed by atoms with van der Waals surface area (Å²) in [5.41, 5.74) is 0. The first-order valence-corrected chi connectivity index (χ1v) is 7.37. The van der Waals surface area contributed by atoms with Crippen molar-refractivity contribution in [3.05, 3.63) is 50.1 Å². The monoisotopic (exact) mass is 314 g/mol.